The second-order valence-corrected chi connectivity index (χ2v) is 5.66. The lowest BCUT2D eigenvalue weighted by Crippen LogP contribution is -2.27. The molecule has 0 saturated heterocycles. The Bertz CT molecular complexity index is 722. The summed E-state index contributed by atoms with van der Waals surface area (Å²) in [5.74, 6) is -0.997. The van der Waals surface area contributed by atoms with Crippen LogP contribution in [0.15, 0.2) is 42.5 Å². The van der Waals surface area contributed by atoms with E-state index in [2.05, 4.69) is 5.32 Å². The van der Waals surface area contributed by atoms with Gasteiger partial charge in [0.15, 0.2) is 0 Å². The van der Waals surface area contributed by atoms with Gasteiger partial charge in [0, 0.05) is 6.54 Å². The molecule has 4 heteroatoms. The Kier molecular flexibility index (Phi) is 5.52. The first-order valence-electron chi connectivity index (χ1n) is 7.61. The van der Waals surface area contributed by atoms with Crippen LogP contribution in [0.2, 0.25) is 0 Å². The predicted molar refractivity (Wildman–Crippen MR) is 89.7 cm³/mol. The number of carbonyl (C=O) groups is 2. The van der Waals surface area contributed by atoms with Gasteiger partial charge in [0.1, 0.15) is 0 Å². The van der Waals surface area contributed by atoms with Gasteiger partial charge in [0.05, 0.1) is 12.0 Å². The molecule has 0 saturated carbocycles. The molecule has 2 N–H and O–H groups in total. The zero-order valence-corrected chi connectivity index (χ0v) is 13.4. The van der Waals surface area contributed by atoms with Crippen molar-refractivity contribution in [3.63, 3.8) is 0 Å². The summed E-state index contributed by atoms with van der Waals surface area (Å²) in [7, 11) is 0. The fourth-order valence-electron chi connectivity index (χ4n) is 2.44. The van der Waals surface area contributed by atoms with E-state index in [0.29, 0.717) is 19.4 Å². The van der Waals surface area contributed by atoms with Crippen molar-refractivity contribution in [3.05, 3.63) is 70.3 Å². The van der Waals surface area contributed by atoms with Crippen LogP contribution in [0, 0.1) is 13.8 Å². The van der Waals surface area contributed by atoms with Crippen molar-refractivity contribution in [1.82, 2.24) is 5.32 Å². The number of amides is 1. The molecule has 0 heterocycles. The number of nitrogens with one attached hydrogen (secondary N) is 1. The van der Waals surface area contributed by atoms with Crippen LogP contribution in [0.1, 0.15) is 32.6 Å². The number of carbonyl (C=O) groups excluding carboxylic acids is 1. The minimum atomic E-state index is -0.943. The quantitative estimate of drug-likeness (QED) is 0.862. The highest BCUT2D eigenvalue weighted by Crippen LogP contribution is 2.11. The molecule has 0 aliphatic heterocycles. The van der Waals surface area contributed by atoms with Crippen LogP contribution in [-0.2, 0) is 17.6 Å². The Morgan fingerprint density at radius 1 is 1.04 bits per heavy atom. The number of rotatable bonds is 6. The lowest BCUT2D eigenvalue weighted by molar-refractivity contribution is -0.120. The van der Waals surface area contributed by atoms with Gasteiger partial charge in [-0.1, -0.05) is 36.4 Å². The van der Waals surface area contributed by atoms with Gasteiger partial charge in [-0.05, 0) is 48.6 Å². The van der Waals surface area contributed by atoms with Gasteiger partial charge in [-0.2, -0.15) is 0 Å². The van der Waals surface area contributed by atoms with Gasteiger partial charge in [0.2, 0.25) is 5.91 Å². The van der Waals surface area contributed by atoms with E-state index >= 15 is 0 Å². The van der Waals surface area contributed by atoms with E-state index in [9.17, 15) is 9.59 Å². The van der Waals surface area contributed by atoms with Gasteiger partial charge in [-0.25, -0.2) is 4.79 Å². The monoisotopic (exact) mass is 311 g/mol. The molecule has 0 atom stereocenters. The average Bonchev–Trinajstić information content (AvgIpc) is 2.51. The first-order chi connectivity index (χ1) is 11.0. The summed E-state index contributed by atoms with van der Waals surface area (Å²) in [6, 6.07) is 12.9. The lowest BCUT2D eigenvalue weighted by Gasteiger charge is -2.09. The van der Waals surface area contributed by atoms with Gasteiger partial charge in [-0.15, -0.1) is 0 Å². The Morgan fingerprint density at radius 2 is 1.78 bits per heavy atom. The van der Waals surface area contributed by atoms with E-state index in [1.807, 2.05) is 32.0 Å². The summed E-state index contributed by atoms with van der Waals surface area (Å²) >= 11 is 0. The smallest absolute Gasteiger partial charge is 0.335 e. The van der Waals surface area contributed by atoms with E-state index in [1.54, 1.807) is 24.3 Å². The number of carboxylic acid groups (broad SMARTS) is 1. The van der Waals surface area contributed by atoms with Crippen LogP contribution in [0.3, 0.4) is 0 Å². The number of hydrogen-bond acceptors (Lipinski definition) is 2. The van der Waals surface area contributed by atoms with Crippen molar-refractivity contribution in [3.8, 4) is 0 Å². The molecule has 2 aromatic rings. The van der Waals surface area contributed by atoms with E-state index in [1.165, 1.54) is 11.1 Å². The molecule has 0 aliphatic rings. The van der Waals surface area contributed by atoms with Crippen molar-refractivity contribution in [2.45, 2.75) is 26.7 Å². The van der Waals surface area contributed by atoms with Crippen LogP contribution in [-0.4, -0.2) is 23.5 Å². The van der Waals surface area contributed by atoms with E-state index in [0.717, 1.165) is 11.1 Å². The summed E-state index contributed by atoms with van der Waals surface area (Å²) in [6.45, 7) is 4.49. The molecule has 0 fully saturated rings. The maximum atomic E-state index is 12.0. The van der Waals surface area contributed by atoms with E-state index in [4.69, 9.17) is 5.11 Å². The molecular formula is C19H21NO3. The third-order valence-electron chi connectivity index (χ3n) is 3.90. The highest BCUT2D eigenvalue weighted by molar-refractivity contribution is 5.89. The Labute approximate surface area is 136 Å². The first-order valence-corrected chi connectivity index (χ1v) is 7.61. The van der Waals surface area contributed by atoms with Crippen molar-refractivity contribution >= 4 is 11.9 Å². The van der Waals surface area contributed by atoms with E-state index < -0.39 is 5.97 Å². The van der Waals surface area contributed by atoms with Crippen molar-refractivity contribution in [2.24, 2.45) is 0 Å². The fourth-order valence-corrected chi connectivity index (χ4v) is 2.44. The van der Waals surface area contributed by atoms with Crippen molar-refractivity contribution < 1.29 is 14.7 Å². The Hall–Kier alpha value is -2.62. The molecule has 1 amide bonds. The largest absolute Gasteiger partial charge is 0.478 e. The zero-order valence-electron chi connectivity index (χ0n) is 13.4. The minimum Gasteiger partial charge on any atom is -0.478 e. The molecule has 0 aromatic heterocycles. The van der Waals surface area contributed by atoms with Crippen LogP contribution in [0.5, 0.6) is 0 Å². The third kappa shape index (κ3) is 4.68. The normalized spacial score (nSPS) is 10.3. The predicted octanol–water partition coefficient (Wildman–Crippen LogP) is 2.90. The molecule has 0 spiro atoms. The summed E-state index contributed by atoms with van der Waals surface area (Å²) < 4.78 is 0. The molecular weight excluding hydrogens is 290 g/mol. The summed E-state index contributed by atoms with van der Waals surface area (Å²) in [6.07, 6.45) is 0.836. The van der Waals surface area contributed by atoms with Crippen LogP contribution >= 0.6 is 0 Å². The maximum Gasteiger partial charge on any atom is 0.335 e. The van der Waals surface area contributed by atoms with Gasteiger partial charge >= 0.3 is 5.97 Å². The van der Waals surface area contributed by atoms with Crippen LogP contribution < -0.4 is 5.32 Å². The average molecular weight is 311 g/mol. The standard InChI is InChI=1S/C19H21NO3/c1-13-7-8-15(11-14(13)2)12-18(21)20-10-9-16-5-3-4-6-17(16)19(22)23/h3-8,11H,9-10,12H2,1-2H3,(H,20,21)(H,22,23). The van der Waals surface area contributed by atoms with Crippen LogP contribution in [0.25, 0.3) is 0 Å². The number of carboxylic acids is 1. The van der Waals surface area contributed by atoms with Crippen molar-refractivity contribution in [2.75, 3.05) is 6.54 Å². The Balaban J connectivity index is 1.88. The second kappa shape index (κ2) is 7.58. The first kappa shape index (κ1) is 16.7. The topological polar surface area (TPSA) is 66.4 Å². The molecule has 23 heavy (non-hydrogen) atoms. The molecule has 0 radical (unpaired) electrons. The van der Waals surface area contributed by atoms with Crippen molar-refractivity contribution in [1.29, 1.82) is 0 Å². The van der Waals surface area contributed by atoms with Crippen LogP contribution in [0.4, 0.5) is 0 Å². The molecule has 0 aliphatic carbocycles. The molecule has 4 nitrogen and oxygen atoms in total. The number of hydrogen-bond donors (Lipinski definition) is 2. The molecule has 2 rings (SSSR count). The molecule has 0 bridgehead atoms. The fraction of sp³-hybridized carbons (Fsp3) is 0.263. The summed E-state index contributed by atoms with van der Waals surface area (Å²) in [4.78, 5) is 23.1. The molecule has 2 aromatic carbocycles. The number of aryl methyl sites for hydroxylation is 2. The lowest BCUT2D eigenvalue weighted by atomic mass is 10.0. The second-order valence-electron chi connectivity index (χ2n) is 5.66. The number of aromatic carboxylic acids is 1. The molecule has 120 valence electrons. The van der Waals surface area contributed by atoms with Gasteiger partial charge in [0.25, 0.3) is 0 Å². The van der Waals surface area contributed by atoms with E-state index in [-0.39, 0.29) is 11.5 Å². The highest BCUT2D eigenvalue weighted by Gasteiger charge is 2.09. The highest BCUT2D eigenvalue weighted by atomic mass is 16.4. The summed E-state index contributed by atoms with van der Waals surface area (Å²) in [5.41, 5.74) is 4.38. The minimum absolute atomic E-state index is 0.0546. The molecule has 0 unspecified atom stereocenters. The number of benzene rings is 2. The third-order valence-corrected chi connectivity index (χ3v) is 3.90. The maximum absolute atomic E-state index is 12.0. The van der Waals surface area contributed by atoms with Gasteiger partial charge in [-0.3, -0.25) is 4.79 Å². The Morgan fingerprint density at radius 3 is 2.48 bits per heavy atom. The summed E-state index contributed by atoms with van der Waals surface area (Å²) in [5, 5.41) is 12.0. The zero-order chi connectivity index (χ0) is 16.8. The SMILES string of the molecule is Cc1ccc(CC(=O)NCCc2ccccc2C(=O)O)cc1C. The van der Waals surface area contributed by atoms with Gasteiger partial charge < -0.3 is 10.4 Å².